The first-order valence-corrected chi connectivity index (χ1v) is 10.0. The van der Waals surface area contributed by atoms with Gasteiger partial charge < -0.3 is 15.6 Å². The Labute approximate surface area is 179 Å². The second-order valence-corrected chi connectivity index (χ2v) is 7.34. The third kappa shape index (κ3) is 4.48. The van der Waals surface area contributed by atoms with Crippen molar-refractivity contribution in [1.82, 2.24) is 9.88 Å². The first-order valence-electron chi connectivity index (χ1n) is 10.0. The van der Waals surface area contributed by atoms with Gasteiger partial charge in [-0.05, 0) is 42.3 Å². The van der Waals surface area contributed by atoms with Gasteiger partial charge >= 0.3 is 0 Å². The lowest BCUT2D eigenvalue weighted by molar-refractivity contribution is 0.0944. The molecule has 1 heterocycles. The average molecular weight is 415 g/mol. The van der Waals surface area contributed by atoms with Gasteiger partial charge in [-0.25, -0.2) is 4.39 Å². The topological polar surface area (TPSA) is 77.1 Å². The van der Waals surface area contributed by atoms with Gasteiger partial charge in [-0.1, -0.05) is 48.5 Å². The van der Waals surface area contributed by atoms with E-state index in [9.17, 15) is 14.0 Å². The third-order valence-corrected chi connectivity index (χ3v) is 5.24. The molecule has 0 fully saturated rings. The van der Waals surface area contributed by atoms with Gasteiger partial charge in [-0.3, -0.25) is 9.59 Å². The number of rotatable bonds is 7. The maximum Gasteiger partial charge on any atom is 0.267 e. The lowest BCUT2D eigenvalue weighted by Crippen LogP contribution is -2.28. The number of primary amides is 1. The van der Waals surface area contributed by atoms with Crippen molar-refractivity contribution in [3.8, 4) is 0 Å². The molecule has 0 aliphatic carbocycles. The summed E-state index contributed by atoms with van der Waals surface area (Å²) in [6.07, 6.45) is 0.556. The average Bonchev–Trinajstić information content (AvgIpc) is 3.14. The van der Waals surface area contributed by atoms with Crippen LogP contribution < -0.4 is 11.1 Å². The van der Waals surface area contributed by atoms with Crippen molar-refractivity contribution in [2.45, 2.75) is 13.0 Å². The maximum absolute atomic E-state index is 14.2. The Morgan fingerprint density at radius 3 is 2.52 bits per heavy atom. The van der Waals surface area contributed by atoms with E-state index < -0.39 is 5.91 Å². The van der Waals surface area contributed by atoms with Crippen molar-refractivity contribution in [3.63, 3.8) is 0 Å². The first-order chi connectivity index (χ1) is 15.0. The fraction of sp³-hybridized carbons (Fsp3) is 0.120. The minimum Gasteiger partial charge on any atom is -0.366 e. The summed E-state index contributed by atoms with van der Waals surface area (Å²) in [6, 6.07) is 23.1. The Balaban J connectivity index is 1.54. The molecule has 0 aliphatic rings. The van der Waals surface area contributed by atoms with Gasteiger partial charge in [0.2, 0.25) is 5.91 Å². The summed E-state index contributed by atoms with van der Waals surface area (Å²) in [5.41, 5.74) is 8.52. The van der Waals surface area contributed by atoms with Crippen molar-refractivity contribution in [3.05, 3.63) is 107 Å². The molecule has 0 saturated carbocycles. The molecule has 0 bridgehead atoms. The molecule has 1 aromatic heterocycles. The van der Waals surface area contributed by atoms with E-state index in [1.807, 2.05) is 41.0 Å². The second-order valence-electron chi connectivity index (χ2n) is 7.34. The van der Waals surface area contributed by atoms with E-state index in [-0.39, 0.29) is 18.3 Å². The van der Waals surface area contributed by atoms with E-state index in [0.717, 1.165) is 16.5 Å². The number of hydrogen-bond donors (Lipinski definition) is 2. The fourth-order valence-electron chi connectivity index (χ4n) is 3.66. The molecule has 3 aromatic carbocycles. The highest BCUT2D eigenvalue weighted by Gasteiger charge is 2.16. The van der Waals surface area contributed by atoms with E-state index in [2.05, 4.69) is 5.32 Å². The molecular formula is C25H22FN3O2. The standard InChI is InChI=1S/C25H22FN3O2/c26-21-10-3-1-8-20(21)16-29-22-11-4-2-7-18(22)15-23(29)25(31)28-13-12-17-6-5-9-19(14-17)24(27)30/h1-11,14-15H,12-13,16H2,(H2,27,30)(H,28,31). The van der Waals surface area contributed by atoms with Crippen LogP contribution in [0.15, 0.2) is 78.9 Å². The van der Waals surface area contributed by atoms with Gasteiger partial charge in [0.15, 0.2) is 0 Å². The highest BCUT2D eigenvalue weighted by atomic mass is 19.1. The number of carbonyl (C=O) groups excluding carboxylic acids is 2. The Morgan fingerprint density at radius 2 is 1.71 bits per heavy atom. The zero-order chi connectivity index (χ0) is 21.8. The number of carbonyl (C=O) groups is 2. The van der Waals surface area contributed by atoms with Gasteiger partial charge in [0.05, 0.1) is 6.54 Å². The predicted octanol–water partition coefficient (Wildman–Crippen LogP) is 3.90. The van der Waals surface area contributed by atoms with Crippen LogP contribution in [0, 0.1) is 5.82 Å². The lowest BCUT2D eigenvalue weighted by Gasteiger charge is -2.12. The Hall–Kier alpha value is -3.93. The molecule has 0 unspecified atom stereocenters. The third-order valence-electron chi connectivity index (χ3n) is 5.24. The molecule has 156 valence electrons. The van der Waals surface area contributed by atoms with Crippen molar-refractivity contribution < 1.29 is 14.0 Å². The molecule has 0 atom stereocenters. The molecule has 4 aromatic rings. The zero-order valence-corrected chi connectivity index (χ0v) is 16.8. The van der Waals surface area contributed by atoms with Crippen LogP contribution in [-0.4, -0.2) is 22.9 Å². The summed E-state index contributed by atoms with van der Waals surface area (Å²) in [5.74, 6) is -1.02. The normalized spacial score (nSPS) is 10.9. The van der Waals surface area contributed by atoms with Gasteiger partial charge in [0.1, 0.15) is 11.5 Å². The highest BCUT2D eigenvalue weighted by molar-refractivity contribution is 5.98. The Morgan fingerprint density at radius 1 is 0.935 bits per heavy atom. The molecule has 0 saturated heterocycles. The lowest BCUT2D eigenvalue weighted by atomic mass is 10.1. The van der Waals surface area contributed by atoms with E-state index in [4.69, 9.17) is 5.73 Å². The number of fused-ring (bicyclic) bond motifs is 1. The van der Waals surface area contributed by atoms with E-state index in [1.54, 1.807) is 36.4 Å². The van der Waals surface area contributed by atoms with Crippen molar-refractivity contribution >= 4 is 22.7 Å². The van der Waals surface area contributed by atoms with E-state index in [1.165, 1.54) is 6.07 Å². The van der Waals surface area contributed by atoms with Gasteiger partial charge in [0, 0.05) is 28.6 Å². The van der Waals surface area contributed by atoms with Gasteiger partial charge in [-0.15, -0.1) is 0 Å². The molecule has 0 aliphatic heterocycles. The van der Waals surface area contributed by atoms with Gasteiger partial charge in [0.25, 0.3) is 5.91 Å². The minimum absolute atomic E-state index is 0.237. The predicted molar refractivity (Wildman–Crippen MR) is 118 cm³/mol. The molecule has 5 nitrogen and oxygen atoms in total. The quantitative estimate of drug-likeness (QED) is 0.480. The van der Waals surface area contributed by atoms with Crippen LogP contribution in [0.5, 0.6) is 0 Å². The summed E-state index contributed by atoms with van der Waals surface area (Å²) in [5, 5.41) is 3.84. The van der Waals surface area contributed by atoms with Gasteiger partial charge in [-0.2, -0.15) is 0 Å². The molecular weight excluding hydrogens is 393 g/mol. The number of amides is 2. The number of halogens is 1. The summed E-state index contributed by atoms with van der Waals surface area (Å²) in [7, 11) is 0. The van der Waals surface area contributed by atoms with Crippen LogP contribution in [0.25, 0.3) is 10.9 Å². The van der Waals surface area contributed by atoms with Crippen molar-refractivity contribution in [2.75, 3.05) is 6.54 Å². The molecule has 0 radical (unpaired) electrons. The first kappa shape index (κ1) is 20.3. The number of hydrogen-bond acceptors (Lipinski definition) is 2. The van der Waals surface area contributed by atoms with Crippen LogP contribution in [0.2, 0.25) is 0 Å². The molecule has 2 amide bonds. The molecule has 4 rings (SSSR count). The van der Waals surface area contributed by atoms with Crippen molar-refractivity contribution in [2.24, 2.45) is 5.73 Å². The van der Waals surface area contributed by atoms with E-state index >= 15 is 0 Å². The molecule has 6 heteroatoms. The van der Waals surface area contributed by atoms with Crippen LogP contribution in [0.4, 0.5) is 4.39 Å². The SMILES string of the molecule is NC(=O)c1cccc(CCNC(=O)c2cc3ccccc3n2Cc2ccccc2F)c1. The van der Waals surface area contributed by atoms with Crippen LogP contribution in [-0.2, 0) is 13.0 Å². The molecule has 3 N–H and O–H groups in total. The fourth-order valence-corrected chi connectivity index (χ4v) is 3.66. The number of nitrogens with one attached hydrogen (secondary N) is 1. The second kappa shape index (κ2) is 8.83. The van der Waals surface area contributed by atoms with Crippen LogP contribution in [0.3, 0.4) is 0 Å². The minimum atomic E-state index is -0.483. The monoisotopic (exact) mass is 415 g/mol. The maximum atomic E-state index is 14.2. The summed E-state index contributed by atoms with van der Waals surface area (Å²) in [6.45, 7) is 0.645. The van der Waals surface area contributed by atoms with Crippen LogP contribution in [0.1, 0.15) is 32.0 Å². The number of benzene rings is 3. The van der Waals surface area contributed by atoms with Crippen LogP contribution >= 0.6 is 0 Å². The largest absolute Gasteiger partial charge is 0.366 e. The molecule has 0 spiro atoms. The molecule has 31 heavy (non-hydrogen) atoms. The summed E-state index contributed by atoms with van der Waals surface area (Å²) >= 11 is 0. The number of aromatic nitrogens is 1. The summed E-state index contributed by atoms with van der Waals surface area (Å²) < 4.78 is 16.1. The summed E-state index contributed by atoms with van der Waals surface area (Å²) in [4.78, 5) is 24.3. The number of para-hydroxylation sites is 1. The van der Waals surface area contributed by atoms with E-state index in [0.29, 0.717) is 29.8 Å². The highest BCUT2D eigenvalue weighted by Crippen LogP contribution is 2.22. The zero-order valence-electron chi connectivity index (χ0n) is 16.8. The smallest absolute Gasteiger partial charge is 0.267 e. The Bertz CT molecular complexity index is 1260. The Kier molecular flexibility index (Phi) is 5.80. The number of nitrogens with two attached hydrogens (primary N) is 1. The van der Waals surface area contributed by atoms with Crippen molar-refractivity contribution in [1.29, 1.82) is 0 Å². The number of nitrogens with zero attached hydrogens (tertiary/aromatic N) is 1.